The van der Waals surface area contributed by atoms with Crippen molar-refractivity contribution in [2.45, 2.75) is 13.8 Å². The molecular formula is C15H23N3O4S. The van der Waals surface area contributed by atoms with Crippen molar-refractivity contribution in [3.63, 3.8) is 0 Å². The van der Waals surface area contributed by atoms with Crippen LogP contribution in [0.4, 0.5) is 5.69 Å². The molecule has 8 heteroatoms. The molecule has 23 heavy (non-hydrogen) atoms. The van der Waals surface area contributed by atoms with Crippen molar-refractivity contribution < 1.29 is 17.9 Å². The molecule has 0 atom stereocenters. The van der Waals surface area contributed by atoms with Gasteiger partial charge in [0, 0.05) is 25.8 Å². The first kappa shape index (κ1) is 17.9. The summed E-state index contributed by atoms with van der Waals surface area (Å²) in [5.74, 6) is -0.363. The number of anilines is 1. The molecule has 1 amide bonds. The molecule has 1 N–H and O–H groups in total. The summed E-state index contributed by atoms with van der Waals surface area (Å²) in [5, 5.41) is 2.77. The van der Waals surface area contributed by atoms with E-state index in [4.69, 9.17) is 4.74 Å². The molecule has 1 aliphatic rings. The van der Waals surface area contributed by atoms with Gasteiger partial charge in [0.1, 0.15) is 0 Å². The number of aryl methyl sites for hydroxylation is 1. The SMILES string of the molecule is Cc1cccc(NC(=O)CN(C)S(=O)(=O)N2CCOCC2)c1C. The molecule has 0 saturated carbocycles. The molecule has 1 aliphatic heterocycles. The number of hydrogen-bond donors (Lipinski definition) is 1. The van der Waals surface area contributed by atoms with E-state index in [1.807, 2.05) is 26.0 Å². The third kappa shape index (κ3) is 4.29. The summed E-state index contributed by atoms with van der Waals surface area (Å²) in [4.78, 5) is 12.2. The quantitative estimate of drug-likeness (QED) is 0.857. The van der Waals surface area contributed by atoms with E-state index in [0.29, 0.717) is 32.0 Å². The second-order valence-corrected chi connectivity index (χ2v) is 7.61. The summed E-state index contributed by atoms with van der Waals surface area (Å²) in [5.41, 5.74) is 2.74. The van der Waals surface area contributed by atoms with E-state index >= 15 is 0 Å². The minimum atomic E-state index is -3.64. The lowest BCUT2D eigenvalue weighted by Gasteiger charge is -2.29. The molecule has 0 spiro atoms. The van der Waals surface area contributed by atoms with E-state index in [1.54, 1.807) is 6.07 Å². The molecule has 0 aliphatic carbocycles. The molecule has 2 rings (SSSR count). The molecule has 0 aromatic heterocycles. The van der Waals surface area contributed by atoms with Crippen LogP contribution in [0, 0.1) is 13.8 Å². The van der Waals surface area contributed by atoms with Crippen LogP contribution in [0.15, 0.2) is 18.2 Å². The van der Waals surface area contributed by atoms with Crippen molar-refractivity contribution in [3.8, 4) is 0 Å². The Bertz CT molecular complexity index is 669. The first-order chi connectivity index (χ1) is 10.8. The third-order valence-electron chi connectivity index (χ3n) is 3.94. The highest BCUT2D eigenvalue weighted by Gasteiger charge is 2.29. The monoisotopic (exact) mass is 341 g/mol. The van der Waals surface area contributed by atoms with Crippen LogP contribution in [0.1, 0.15) is 11.1 Å². The number of morpholine rings is 1. The van der Waals surface area contributed by atoms with Gasteiger partial charge in [-0.15, -0.1) is 0 Å². The highest BCUT2D eigenvalue weighted by Crippen LogP contribution is 2.18. The van der Waals surface area contributed by atoms with Crippen molar-refractivity contribution in [2.75, 3.05) is 45.2 Å². The number of benzene rings is 1. The Morgan fingerprint density at radius 2 is 1.96 bits per heavy atom. The zero-order valence-corrected chi connectivity index (χ0v) is 14.5. The minimum absolute atomic E-state index is 0.229. The number of amides is 1. The van der Waals surface area contributed by atoms with Crippen LogP contribution < -0.4 is 5.32 Å². The van der Waals surface area contributed by atoms with Crippen LogP contribution in [0.3, 0.4) is 0 Å². The van der Waals surface area contributed by atoms with Crippen molar-refractivity contribution in [1.82, 2.24) is 8.61 Å². The smallest absolute Gasteiger partial charge is 0.282 e. The number of carbonyl (C=O) groups is 1. The number of ether oxygens (including phenoxy) is 1. The van der Waals surface area contributed by atoms with Crippen LogP contribution in [0.2, 0.25) is 0 Å². The van der Waals surface area contributed by atoms with E-state index in [-0.39, 0.29) is 12.5 Å². The summed E-state index contributed by atoms with van der Waals surface area (Å²) in [7, 11) is -2.23. The highest BCUT2D eigenvalue weighted by atomic mass is 32.2. The molecule has 1 aromatic rings. The fourth-order valence-electron chi connectivity index (χ4n) is 2.33. The lowest BCUT2D eigenvalue weighted by molar-refractivity contribution is -0.116. The molecule has 1 heterocycles. The van der Waals surface area contributed by atoms with Crippen LogP contribution in [-0.4, -0.2) is 62.8 Å². The van der Waals surface area contributed by atoms with Crippen LogP contribution in [0.5, 0.6) is 0 Å². The van der Waals surface area contributed by atoms with Gasteiger partial charge < -0.3 is 10.1 Å². The zero-order chi connectivity index (χ0) is 17.0. The fourth-order valence-corrected chi connectivity index (χ4v) is 3.62. The van der Waals surface area contributed by atoms with Gasteiger partial charge in [0.05, 0.1) is 19.8 Å². The zero-order valence-electron chi connectivity index (χ0n) is 13.7. The predicted octanol–water partition coefficient (Wildman–Crippen LogP) is 0.751. The maximum atomic E-state index is 12.4. The standard InChI is InChI=1S/C15H23N3O4S/c1-12-5-4-6-14(13(12)2)16-15(19)11-17(3)23(20,21)18-7-9-22-10-8-18/h4-6H,7-11H2,1-3H3,(H,16,19). The Labute approximate surface area is 137 Å². The Kier molecular flexibility index (Phi) is 5.74. The van der Waals surface area contributed by atoms with Gasteiger partial charge in [-0.1, -0.05) is 12.1 Å². The Hall–Kier alpha value is -1.48. The van der Waals surface area contributed by atoms with E-state index in [1.165, 1.54) is 11.4 Å². The summed E-state index contributed by atoms with van der Waals surface area (Å²) in [6.07, 6.45) is 0. The van der Waals surface area contributed by atoms with E-state index in [9.17, 15) is 13.2 Å². The second-order valence-electron chi connectivity index (χ2n) is 5.57. The van der Waals surface area contributed by atoms with Gasteiger partial charge in [-0.2, -0.15) is 17.0 Å². The number of rotatable bonds is 5. The molecule has 128 valence electrons. The molecule has 0 unspecified atom stereocenters. The average Bonchev–Trinajstić information content (AvgIpc) is 2.52. The molecule has 1 saturated heterocycles. The van der Waals surface area contributed by atoms with Crippen molar-refractivity contribution >= 4 is 21.8 Å². The van der Waals surface area contributed by atoms with Crippen molar-refractivity contribution in [3.05, 3.63) is 29.3 Å². The summed E-state index contributed by atoms with van der Waals surface area (Å²) in [6.45, 7) is 5.02. The normalized spacial score (nSPS) is 16.5. The summed E-state index contributed by atoms with van der Waals surface area (Å²) >= 11 is 0. The third-order valence-corrected chi connectivity index (χ3v) is 5.87. The van der Waals surface area contributed by atoms with Crippen molar-refractivity contribution in [2.24, 2.45) is 0 Å². The van der Waals surface area contributed by atoms with E-state index < -0.39 is 10.2 Å². The molecule has 0 bridgehead atoms. The molecular weight excluding hydrogens is 318 g/mol. The maximum Gasteiger partial charge on any atom is 0.282 e. The van der Waals surface area contributed by atoms with E-state index in [0.717, 1.165) is 15.4 Å². The number of nitrogens with zero attached hydrogens (tertiary/aromatic N) is 2. The van der Waals surface area contributed by atoms with Gasteiger partial charge in [-0.25, -0.2) is 0 Å². The Balaban J connectivity index is 2.00. The van der Waals surface area contributed by atoms with Gasteiger partial charge in [-0.3, -0.25) is 4.79 Å². The first-order valence-corrected chi connectivity index (χ1v) is 8.87. The van der Waals surface area contributed by atoms with Gasteiger partial charge in [0.25, 0.3) is 10.2 Å². The fraction of sp³-hybridized carbons (Fsp3) is 0.533. The average molecular weight is 341 g/mol. The predicted molar refractivity (Wildman–Crippen MR) is 88.5 cm³/mol. The summed E-state index contributed by atoms with van der Waals surface area (Å²) < 4.78 is 32.4. The first-order valence-electron chi connectivity index (χ1n) is 7.47. The number of nitrogens with one attached hydrogen (secondary N) is 1. The Morgan fingerprint density at radius 3 is 2.61 bits per heavy atom. The van der Waals surface area contributed by atoms with Gasteiger partial charge in [0.2, 0.25) is 5.91 Å². The highest BCUT2D eigenvalue weighted by molar-refractivity contribution is 7.86. The molecule has 1 aromatic carbocycles. The second kappa shape index (κ2) is 7.39. The Morgan fingerprint density at radius 1 is 1.30 bits per heavy atom. The summed E-state index contributed by atoms with van der Waals surface area (Å²) in [6, 6.07) is 5.61. The van der Waals surface area contributed by atoms with Crippen molar-refractivity contribution in [1.29, 1.82) is 0 Å². The number of carbonyl (C=O) groups excluding carboxylic acids is 1. The van der Waals surface area contributed by atoms with Gasteiger partial charge in [-0.05, 0) is 31.0 Å². The topological polar surface area (TPSA) is 79.0 Å². The number of likely N-dealkylation sites (N-methyl/N-ethyl adjacent to an activating group) is 1. The molecule has 0 radical (unpaired) electrons. The van der Waals surface area contributed by atoms with Gasteiger partial charge >= 0.3 is 0 Å². The van der Waals surface area contributed by atoms with Crippen LogP contribution in [0.25, 0.3) is 0 Å². The minimum Gasteiger partial charge on any atom is -0.379 e. The van der Waals surface area contributed by atoms with Crippen LogP contribution >= 0.6 is 0 Å². The maximum absolute atomic E-state index is 12.4. The lowest BCUT2D eigenvalue weighted by atomic mass is 10.1. The largest absolute Gasteiger partial charge is 0.379 e. The molecule has 1 fully saturated rings. The number of hydrogen-bond acceptors (Lipinski definition) is 4. The van der Waals surface area contributed by atoms with Crippen LogP contribution in [-0.2, 0) is 19.7 Å². The van der Waals surface area contributed by atoms with E-state index in [2.05, 4.69) is 5.32 Å². The molecule has 7 nitrogen and oxygen atoms in total. The van der Waals surface area contributed by atoms with Gasteiger partial charge in [0.15, 0.2) is 0 Å². The lowest BCUT2D eigenvalue weighted by Crippen LogP contribution is -2.49.